The van der Waals surface area contributed by atoms with Gasteiger partial charge in [0.1, 0.15) is 17.9 Å². The summed E-state index contributed by atoms with van der Waals surface area (Å²) in [6.45, 7) is 2.38. The molecule has 2 aromatic rings. The van der Waals surface area contributed by atoms with Gasteiger partial charge in [-0.3, -0.25) is 24.4 Å². The summed E-state index contributed by atoms with van der Waals surface area (Å²) in [6.07, 6.45) is 3.09. The van der Waals surface area contributed by atoms with E-state index in [-0.39, 0.29) is 36.0 Å². The van der Waals surface area contributed by atoms with Crippen LogP contribution in [0.15, 0.2) is 18.2 Å². The highest BCUT2D eigenvalue weighted by Gasteiger charge is 2.23. The molecule has 0 bridgehead atoms. The maximum absolute atomic E-state index is 12.2. The molecule has 0 aliphatic heterocycles. The minimum Gasteiger partial charge on any atom is -0.456 e. The lowest BCUT2D eigenvalue weighted by molar-refractivity contribution is -0.386. The van der Waals surface area contributed by atoms with E-state index in [9.17, 15) is 19.7 Å². The van der Waals surface area contributed by atoms with Crippen molar-refractivity contribution in [2.45, 2.75) is 39.7 Å². The van der Waals surface area contributed by atoms with E-state index < -0.39 is 10.9 Å². The topological polar surface area (TPSA) is 104 Å². The summed E-state index contributed by atoms with van der Waals surface area (Å²) in [5.41, 5.74) is 3.36. The van der Waals surface area contributed by atoms with Crippen molar-refractivity contribution in [3.8, 4) is 0 Å². The molecule has 0 unspecified atom stereocenters. The fourth-order valence-electron chi connectivity index (χ4n) is 3.25. The normalized spacial score (nSPS) is 12.7. The van der Waals surface area contributed by atoms with Gasteiger partial charge in [0.05, 0.1) is 4.92 Å². The zero-order valence-corrected chi connectivity index (χ0v) is 14.7. The van der Waals surface area contributed by atoms with E-state index in [4.69, 9.17) is 4.74 Å². The van der Waals surface area contributed by atoms with Gasteiger partial charge in [-0.2, -0.15) is 5.10 Å². The van der Waals surface area contributed by atoms with Crippen molar-refractivity contribution in [3.63, 3.8) is 0 Å². The zero-order chi connectivity index (χ0) is 18.8. The summed E-state index contributed by atoms with van der Waals surface area (Å²) in [7, 11) is 0. The van der Waals surface area contributed by atoms with Crippen LogP contribution in [-0.2, 0) is 28.9 Å². The second kappa shape index (κ2) is 7.07. The number of aromatic nitrogens is 2. The molecular formula is C18H19N3O5. The molecule has 0 spiro atoms. The third-order valence-electron chi connectivity index (χ3n) is 4.59. The summed E-state index contributed by atoms with van der Waals surface area (Å²) < 4.78 is 6.24. The van der Waals surface area contributed by atoms with Gasteiger partial charge < -0.3 is 4.74 Å². The summed E-state index contributed by atoms with van der Waals surface area (Å²) in [5.74, 6) is -0.938. The molecule has 1 heterocycles. The lowest BCUT2D eigenvalue weighted by Gasteiger charge is -2.07. The van der Waals surface area contributed by atoms with Crippen molar-refractivity contribution >= 4 is 17.4 Å². The number of esters is 1. The van der Waals surface area contributed by atoms with Crippen molar-refractivity contribution in [1.29, 1.82) is 0 Å². The largest absolute Gasteiger partial charge is 0.456 e. The molecule has 3 rings (SSSR count). The SMILES string of the molecule is Cc1nn(CC(=O)OCC(=O)c2ccc3c(c2)CCC3)c(C)c1[N+](=O)[O-]. The second-order valence-corrected chi connectivity index (χ2v) is 6.36. The van der Waals surface area contributed by atoms with Crippen LogP contribution < -0.4 is 0 Å². The molecular weight excluding hydrogens is 338 g/mol. The lowest BCUT2D eigenvalue weighted by Crippen LogP contribution is -2.20. The number of hydrogen-bond acceptors (Lipinski definition) is 6. The Balaban J connectivity index is 1.60. The Morgan fingerprint density at radius 2 is 2.00 bits per heavy atom. The number of ketones is 1. The Morgan fingerprint density at radius 1 is 1.27 bits per heavy atom. The molecule has 0 atom stereocenters. The highest BCUT2D eigenvalue weighted by molar-refractivity contribution is 5.98. The first-order valence-corrected chi connectivity index (χ1v) is 8.36. The van der Waals surface area contributed by atoms with Gasteiger partial charge in [-0.25, -0.2) is 0 Å². The first-order valence-electron chi connectivity index (χ1n) is 8.36. The number of benzene rings is 1. The number of carbonyl (C=O) groups excluding carboxylic acids is 2. The monoisotopic (exact) mass is 357 g/mol. The Bertz CT molecular complexity index is 900. The predicted molar refractivity (Wildman–Crippen MR) is 92.1 cm³/mol. The van der Waals surface area contributed by atoms with E-state index in [2.05, 4.69) is 5.10 Å². The maximum atomic E-state index is 12.2. The Kier molecular flexibility index (Phi) is 4.83. The average molecular weight is 357 g/mol. The molecule has 1 aliphatic carbocycles. The molecule has 1 aromatic carbocycles. The van der Waals surface area contributed by atoms with Gasteiger partial charge in [-0.15, -0.1) is 0 Å². The summed E-state index contributed by atoms with van der Waals surface area (Å²) in [6, 6.07) is 5.57. The number of aryl methyl sites for hydroxylation is 3. The van der Waals surface area contributed by atoms with Crippen LogP contribution in [0.25, 0.3) is 0 Å². The number of fused-ring (bicyclic) bond motifs is 1. The third-order valence-corrected chi connectivity index (χ3v) is 4.59. The summed E-state index contributed by atoms with van der Waals surface area (Å²) in [5, 5.41) is 15.0. The first kappa shape index (κ1) is 17.8. The van der Waals surface area contributed by atoms with E-state index in [1.165, 1.54) is 29.7 Å². The van der Waals surface area contributed by atoms with Crippen molar-refractivity contribution in [1.82, 2.24) is 9.78 Å². The summed E-state index contributed by atoms with van der Waals surface area (Å²) in [4.78, 5) is 34.7. The molecule has 0 radical (unpaired) electrons. The first-order chi connectivity index (χ1) is 12.4. The van der Waals surface area contributed by atoms with Crippen LogP contribution in [0.4, 0.5) is 5.69 Å². The minimum atomic E-state index is -0.667. The van der Waals surface area contributed by atoms with E-state index in [1.54, 1.807) is 6.07 Å². The van der Waals surface area contributed by atoms with Crippen molar-refractivity contribution in [3.05, 3.63) is 56.4 Å². The number of ether oxygens (including phenoxy) is 1. The van der Waals surface area contributed by atoms with Crippen LogP contribution in [-0.4, -0.2) is 33.1 Å². The van der Waals surface area contributed by atoms with Gasteiger partial charge in [0.15, 0.2) is 12.4 Å². The Hall–Kier alpha value is -3.03. The molecule has 8 heteroatoms. The van der Waals surface area contributed by atoms with Gasteiger partial charge in [0, 0.05) is 5.56 Å². The van der Waals surface area contributed by atoms with Crippen molar-refractivity contribution < 1.29 is 19.2 Å². The molecule has 0 amide bonds. The Morgan fingerprint density at radius 3 is 2.69 bits per heavy atom. The fourth-order valence-corrected chi connectivity index (χ4v) is 3.25. The average Bonchev–Trinajstić information content (AvgIpc) is 3.16. The van der Waals surface area contributed by atoms with E-state index >= 15 is 0 Å². The lowest BCUT2D eigenvalue weighted by atomic mass is 10.0. The quantitative estimate of drug-likeness (QED) is 0.340. The molecule has 8 nitrogen and oxygen atoms in total. The van der Waals surface area contributed by atoms with Crippen LogP contribution in [0.3, 0.4) is 0 Å². The molecule has 0 N–H and O–H groups in total. The van der Waals surface area contributed by atoms with Crippen molar-refractivity contribution in [2.24, 2.45) is 0 Å². The summed E-state index contributed by atoms with van der Waals surface area (Å²) >= 11 is 0. The number of rotatable bonds is 6. The van der Waals surface area contributed by atoms with Gasteiger partial charge in [-0.05, 0) is 50.3 Å². The van der Waals surface area contributed by atoms with E-state index in [0.717, 1.165) is 19.3 Å². The predicted octanol–water partition coefficient (Wildman–Crippen LogP) is 2.32. The molecule has 0 saturated carbocycles. The van der Waals surface area contributed by atoms with Gasteiger partial charge in [0.25, 0.3) is 0 Å². The van der Waals surface area contributed by atoms with Gasteiger partial charge >= 0.3 is 11.7 Å². The van der Waals surface area contributed by atoms with Crippen LogP contribution >= 0.6 is 0 Å². The second-order valence-electron chi connectivity index (χ2n) is 6.36. The standard InChI is InChI=1S/C18H19N3O5/c1-11-18(21(24)25)12(2)20(19-11)9-17(23)26-10-16(22)15-7-6-13-4-3-5-14(13)8-15/h6-8H,3-5,9-10H2,1-2H3. The van der Waals surface area contributed by atoms with E-state index in [1.807, 2.05) is 12.1 Å². The highest BCUT2D eigenvalue weighted by atomic mass is 16.6. The molecule has 0 saturated heterocycles. The van der Waals surface area contributed by atoms with Gasteiger partial charge in [-0.1, -0.05) is 12.1 Å². The minimum absolute atomic E-state index is 0.119. The number of hydrogen-bond donors (Lipinski definition) is 0. The fraction of sp³-hybridized carbons (Fsp3) is 0.389. The third kappa shape index (κ3) is 3.49. The van der Waals surface area contributed by atoms with Crippen LogP contribution in [0, 0.1) is 24.0 Å². The number of Topliss-reactive ketones (excluding diaryl/α,β-unsaturated/α-hetero) is 1. The van der Waals surface area contributed by atoms with Crippen LogP contribution in [0.2, 0.25) is 0 Å². The maximum Gasteiger partial charge on any atom is 0.328 e. The Labute approximate surface area is 149 Å². The molecule has 0 fully saturated rings. The molecule has 1 aromatic heterocycles. The number of nitrogens with zero attached hydrogens (tertiary/aromatic N) is 3. The number of carbonyl (C=O) groups is 2. The van der Waals surface area contributed by atoms with Crippen molar-refractivity contribution in [2.75, 3.05) is 6.61 Å². The van der Waals surface area contributed by atoms with E-state index in [0.29, 0.717) is 5.56 Å². The smallest absolute Gasteiger partial charge is 0.328 e. The number of nitro groups is 1. The van der Waals surface area contributed by atoms with Gasteiger partial charge in [0.2, 0.25) is 0 Å². The van der Waals surface area contributed by atoms with Crippen LogP contribution in [0.1, 0.15) is 39.3 Å². The van der Waals surface area contributed by atoms with Crippen LogP contribution in [0.5, 0.6) is 0 Å². The molecule has 26 heavy (non-hydrogen) atoms. The molecule has 136 valence electrons. The highest BCUT2D eigenvalue weighted by Crippen LogP contribution is 2.23. The molecule has 1 aliphatic rings. The zero-order valence-electron chi connectivity index (χ0n) is 14.7.